The van der Waals surface area contributed by atoms with Gasteiger partial charge in [0, 0.05) is 25.2 Å². The molecule has 0 spiro atoms. The largest absolute Gasteiger partial charge is 0.352 e. The number of benzene rings is 2. The molecule has 1 atom stereocenters. The zero-order chi connectivity index (χ0) is 21.1. The first-order valence-corrected chi connectivity index (χ1v) is 11.6. The third-order valence-corrected chi connectivity index (χ3v) is 7.31. The maximum absolute atomic E-state index is 13.1. The lowest BCUT2D eigenvalue weighted by molar-refractivity contribution is 0.0941. The first-order valence-electron chi connectivity index (χ1n) is 10.1. The number of hydrogen-bond donors (Lipinski definition) is 1. The minimum absolute atomic E-state index is 0.0184. The van der Waals surface area contributed by atoms with Crippen molar-refractivity contribution in [3.8, 4) is 0 Å². The Labute approximate surface area is 174 Å². The fourth-order valence-corrected chi connectivity index (χ4v) is 5.17. The Bertz CT molecular complexity index is 932. The average Bonchev–Trinajstić information content (AvgIpc) is 2.72. The Morgan fingerprint density at radius 1 is 1.07 bits per heavy atom. The van der Waals surface area contributed by atoms with Gasteiger partial charge < -0.3 is 5.32 Å². The Hall–Kier alpha value is -2.18. The topological polar surface area (TPSA) is 66.5 Å². The van der Waals surface area contributed by atoms with E-state index in [0.29, 0.717) is 30.1 Å². The number of piperidine rings is 1. The standard InChI is InChI=1S/C23H30N2O3S/c1-23(2,3)20-11-13-21(14-12-20)29(27,28)25-15-7-8-18(17-25)16-24-22(26)19-9-5-4-6-10-19/h4-6,9-14,18H,7-8,15-17H2,1-3H3,(H,24,26). The fraction of sp³-hybridized carbons (Fsp3) is 0.435. The molecule has 29 heavy (non-hydrogen) atoms. The quantitative estimate of drug-likeness (QED) is 0.809. The van der Waals surface area contributed by atoms with Crippen LogP contribution in [0, 0.1) is 5.92 Å². The van der Waals surface area contributed by atoms with E-state index in [2.05, 4.69) is 26.1 Å². The molecule has 1 unspecified atom stereocenters. The van der Waals surface area contributed by atoms with Crippen molar-refractivity contribution in [1.82, 2.24) is 9.62 Å². The van der Waals surface area contributed by atoms with E-state index in [9.17, 15) is 13.2 Å². The lowest BCUT2D eigenvalue weighted by Crippen LogP contribution is -2.43. The molecule has 0 aliphatic carbocycles. The van der Waals surface area contributed by atoms with E-state index in [4.69, 9.17) is 0 Å². The van der Waals surface area contributed by atoms with E-state index in [1.54, 1.807) is 28.6 Å². The number of carbonyl (C=O) groups excluding carboxylic acids is 1. The summed E-state index contributed by atoms with van der Waals surface area (Å²) in [6, 6.07) is 16.3. The number of nitrogens with one attached hydrogen (secondary N) is 1. The van der Waals surface area contributed by atoms with Crippen molar-refractivity contribution < 1.29 is 13.2 Å². The zero-order valence-electron chi connectivity index (χ0n) is 17.4. The van der Waals surface area contributed by atoms with Crippen LogP contribution in [0.3, 0.4) is 0 Å². The number of hydrogen-bond acceptors (Lipinski definition) is 3. The second kappa shape index (κ2) is 8.67. The molecule has 0 bridgehead atoms. The highest BCUT2D eigenvalue weighted by Crippen LogP contribution is 2.27. The van der Waals surface area contributed by atoms with Crippen molar-refractivity contribution in [3.63, 3.8) is 0 Å². The third kappa shape index (κ3) is 5.25. The SMILES string of the molecule is CC(C)(C)c1ccc(S(=O)(=O)N2CCCC(CNC(=O)c3ccccc3)C2)cc1. The Morgan fingerprint density at radius 3 is 2.34 bits per heavy atom. The van der Waals surface area contributed by atoms with Crippen LogP contribution < -0.4 is 5.32 Å². The summed E-state index contributed by atoms with van der Waals surface area (Å²) in [6.07, 6.45) is 1.70. The average molecular weight is 415 g/mol. The van der Waals surface area contributed by atoms with Crippen LogP contribution in [0.15, 0.2) is 59.5 Å². The van der Waals surface area contributed by atoms with E-state index in [-0.39, 0.29) is 17.2 Å². The molecule has 1 aliphatic heterocycles. The molecule has 2 aromatic rings. The van der Waals surface area contributed by atoms with Crippen molar-refractivity contribution in [2.24, 2.45) is 5.92 Å². The first kappa shape index (κ1) is 21.5. The molecule has 1 aliphatic rings. The van der Waals surface area contributed by atoms with Gasteiger partial charge in [0.1, 0.15) is 0 Å². The molecule has 0 aromatic heterocycles. The summed E-state index contributed by atoms with van der Waals surface area (Å²) in [5.74, 6) is -0.0108. The molecule has 6 heteroatoms. The van der Waals surface area contributed by atoms with Crippen molar-refractivity contribution in [1.29, 1.82) is 0 Å². The van der Waals surface area contributed by atoms with Gasteiger partial charge in [0.2, 0.25) is 10.0 Å². The molecular formula is C23H30N2O3S. The second-order valence-electron chi connectivity index (χ2n) is 8.72. The van der Waals surface area contributed by atoms with Crippen molar-refractivity contribution in [3.05, 3.63) is 65.7 Å². The van der Waals surface area contributed by atoms with E-state index in [1.807, 2.05) is 30.3 Å². The maximum Gasteiger partial charge on any atom is 0.251 e. The minimum atomic E-state index is -3.53. The summed E-state index contributed by atoms with van der Waals surface area (Å²) >= 11 is 0. The van der Waals surface area contributed by atoms with Gasteiger partial charge in [-0.15, -0.1) is 0 Å². The maximum atomic E-state index is 13.1. The highest BCUT2D eigenvalue weighted by molar-refractivity contribution is 7.89. The predicted octanol–water partition coefficient (Wildman–Crippen LogP) is 3.81. The van der Waals surface area contributed by atoms with Crippen LogP contribution in [-0.4, -0.2) is 38.3 Å². The molecule has 1 amide bonds. The molecule has 1 saturated heterocycles. The monoisotopic (exact) mass is 414 g/mol. The molecular weight excluding hydrogens is 384 g/mol. The lowest BCUT2D eigenvalue weighted by atomic mass is 9.87. The predicted molar refractivity (Wildman–Crippen MR) is 115 cm³/mol. The molecule has 1 N–H and O–H groups in total. The van der Waals surface area contributed by atoms with Crippen LogP contribution in [0.2, 0.25) is 0 Å². The molecule has 0 saturated carbocycles. The van der Waals surface area contributed by atoms with Gasteiger partial charge >= 0.3 is 0 Å². The summed E-state index contributed by atoms with van der Waals surface area (Å²) in [6.45, 7) is 7.74. The van der Waals surface area contributed by atoms with Crippen LogP contribution in [0.5, 0.6) is 0 Å². The Kier molecular flexibility index (Phi) is 6.44. The Morgan fingerprint density at radius 2 is 1.72 bits per heavy atom. The minimum Gasteiger partial charge on any atom is -0.352 e. The molecule has 156 valence electrons. The van der Waals surface area contributed by atoms with Gasteiger partial charge in [-0.2, -0.15) is 4.31 Å². The highest BCUT2D eigenvalue weighted by atomic mass is 32.2. The number of sulfonamides is 1. The van der Waals surface area contributed by atoms with Crippen molar-refractivity contribution >= 4 is 15.9 Å². The fourth-order valence-electron chi connectivity index (χ4n) is 3.62. The van der Waals surface area contributed by atoms with Gasteiger partial charge in [-0.3, -0.25) is 4.79 Å². The van der Waals surface area contributed by atoms with Gasteiger partial charge in [0.25, 0.3) is 5.91 Å². The summed E-state index contributed by atoms with van der Waals surface area (Å²) in [5.41, 5.74) is 1.71. The number of carbonyl (C=O) groups is 1. The molecule has 2 aromatic carbocycles. The third-order valence-electron chi connectivity index (χ3n) is 5.43. The van der Waals surface area contributed by atoms with Crippen LogP contribution in [0.4, 0.5) is 0 Å². The number of rotatable bonds is 5. The summed E-state index contributed by atoms with van der Waals surface area (Å²) in [7, 11) is -3.53. The number of nitrogens with zero attached hydrogens (tertiary/aromatic N) is 1. The lowest BCUT2D eigenvalue weighted by Gasteiger charge is -2.32. The van der Waals surface area contributed by atoms with Crippen LogP contribution in [0.25, 0.3) is 0 Å². The summed E-state index contributed by atoms with van der Waals surface area (Å²) in [4.78, 5) is 12.6. The molecule has 3 rings (SSSR count). The van der Waals surface area contributed by atoms with Crippen molar-refractivity contribution in [2.45, 2.75) is 43.9 Å². The number of amides is 1. The molecule has 1 heterocycles. The van der Waals surface area contributed by atoms with E-state index >= 15 is 0 Å². The molecule has 0 radical (unpaired) electrons. The van der Waals surface area contributed by atoms with Crippen molar-refractivity contribution in [2.75, 3.05) is 19.6 Å². The van der Waals surface area contributed by atoms with Crippen LogP contribution >= 0.6 is 0 Å². The summed E-state index contributed by atoms with van der Waals surface area (Å²) in [5, 5.41) is 2.94. The van der Waals surface area contributed by atoms with E-state index in [0.717, 1.165) is 18.4 Å². The van der Waals surface area contributed by atoms with Gasteiger partial charge in [-0.05, 0) is 54.0 Å². The normalized spacial score (nSPS) is 18.4. The van der Waals surface area contributed by atoms with E-state index in [1.165, 1.54) is 0 Å². The van der Waals surface area contributed by atoms with Gasteiger partial charge in [-0.25, -0.2) is 8.42 Å². The van der Waals surface area contributed by atoms with Gasteiger partial charge in [-0.1, -0.05) is 51.1 Å². The van der Waals surface area contributed by atoms with E-state index < -0.39 is 10.0 Å². The smallest absolute Gasteiger partial charge is 0.251 e. The van der Waals surface area contributed by atoms with Gasteiger partial charge in [0.05, 0.1) is 4.90 Å². The highest BCUT2D eigenvalue weighted by Gasteiger charge is 2.30. The first-order chi connectivity index (χ1) is 13.7. The molecule has 1 fully saturated rings. The zero-order valence-corrected chi connectivity index (χ0v) is 18.2. The van der Waals surface area contributed by atoms with Gasteiger partial charge in [0.15, 0.2) is 0 Å². The Balaban J connectivity index is 1.64. The second-order valence-corrected chi connectivity index (χ2v) is 10.7. The van der Waals surface area contributed by atoms with Crippen LogP contribution in [0.1, 0.15) is 49.5 Å². The summed E-state index contributed by atoms with van der Waals surface area (Å²) < 4.78 is 27.7. The van der Waals surface area contributed by atoms with Crippen LogP contribution in [-0.2, 0) is 15.4 Å². The molecule has 5 nitrogen and oxygen atoms in total.